The Hall–Kier alpha value is -0.420. The number of nitrogens with zero attached hydrogens (tertiary/aromatic N) is 1. The second-order valence-corrected chi connectivity index (χ2v) is 6.10. The summed E-state index contributed by atoms with van der Waals surface area (Å²) in [6.07, 6.45) is 3.45. The van der Waals surface area contributed by atoms with Crippen LogP contribution in [-0.4, -0.2) is 44.3 Å². The summed E-state index contributed by atoms with van der Waals surface area (Å²) in [7, 11) is 2.21. The van der Waals surface area contributed by atoms with Crippen molar-refractivity contribution in [2.45, 2.75) is 25.3 Å². The predicted molar refractivity (Wildman–Crippen MR) is 77.0 cm³/mol. The maximum Gasteiger partial charge on any atom is 0.0469 e. The number of likely N-dealkylation sites (N-methyl/N-ethyl adjacent to an activating group) is 1. The molecule has 1 fully saturated rings. The molecule has 1 unspecified atom stereocenters. The predicted octanol–water partition coefficient (Wildman–Crippen LogP) is 1.98. The number of ether oxygens (including phenoxy) is 1. The molecule has 18 heavy (non-hydrogen) atoms. The average Bonchev–Trinajstić information content (AvgIpc) is 2.92. The highest BCUT2D eigenvalue weighted by molar-refractivity contribution is 7.09. The molecule has 0 aromatic carbocycles. The van der Waals surface area contributed by atoms with Gasteiger partial charge in [-0.1, -0.05) is 6.07 Å². The molecule has 2 N–H and O–H groups in total. The molecular weight excluding hydrogens is 244 g/mol. The maximum atomic E-state index is 5.97. The molecule has 0 radical (unpaired) electrons. The Morgan fingerprint density at radius 1 is 1.50 bits per heavy atom. The smallest absolute Gasteiger partial charge is 0.0469 e. The monoisotopic (exact) mass is 268 g/mol. The van der Waals surface area contributed by atoms with E-state index in [4.69, 9.17) is 10.5 Å². The van der Waals surface area contributed by atoms with Crippen molar-refractivity contribution in [2.75, 3.05) is 33.4 Å². The molecule has 1 aromatic rings. The van der Waals surface area contributed by atoms with Crippen LogP contribution in [0.4, 0.5) is 0 Å². The quantitative estimate of drug-likeness (QED) is 0.857. The lowest BCUT2D eigenvalue weighted by Gasteiger charge is -2.36. The fourth-order valence-electron chi connectivity index (χ4n) is 2.74. The van der Waals surface area contributed by atoms with Gasteiger partial charge in [0.05, 0.1) is 0 Å². The standard InChI is InChI=1S/C14H24N2OS/c1-16(7-4-13-3-2-10-18-13)14(11-15)12-5-8-17-9-6-12/h2-3,10,12,14H,4-9,11,15H2,1H3. The van der Waals surface area contributed by atoms with Crippen molar-refractivity contribution in [2.24, 2.45) is 11.7 Å². The van der Waals surface area contributed by atoms with Crippen LogP contribution in [0.1, 0.15) is 17.7 Å². The topological polar surface area (TPSA) is 38.5 Å². The molecule has 1 saturated heterocycles. The van der Waals surface area contributed by atoms with Gasteiger partial charge in [-0.3, -0.25) is 0 Å². The van der Waals surface area contributed by atoms with E-state index in [-0.39, 0.29) is 0 Å². The summed E-state index contributed by atoms with van der Waals surface area (Å²) < 4.78 is 5.44. The van der Waals surface area contributed by atoms with Crippen LogP contribution in [0, 0.1) is 5.92 Å². The molecule has 0 saturated carbocycles. The van der Waals surface area contributed by atoms with Crippen molar-refractivity contribution in [3.63, 3.8) is 0 Å². The molecule has 4 heteroatoms. The van der Waals surface area contributed by atoms with Crippen molar-refractivity contribution >= 4 is 11.3 Å². The van der Waals surface area contributed by atoms with Crippen molar-refractivity contribution in [3.05, 3.63) is 22.4 Å². The lowest BCUT2D eigenvalue weighted by Crippen LogP contribution is -2.46. The molecule has 0 bridgehead atoms. The molecule has 2 rings (SSSR count). The minimum atomic E-state index is 0.508. The zero-order valence-electron chi connectivity index (χ0n) is 11.2. The molecule has 1 aromatic heterocycles. The minimum absolute atomic E-state index is 0.508. The fraction of sp³-hybridized carbons (Fsp3) is 0.714. The Balaban J connectivity index is 1.82. The summed E-state index contributed by atoms with van der Waals surface area (Å²) in [5.41, 5.74) is 5.97. The van der Waals surface area contributed by atoms with Crippen LogP contribution in [0.15, 0.2) is 17.5 Å². The van der Waals surface area contributed by atoms with Gasteiger partial charge < -0.3 is 15.4 Å². The Labute approximate surface area is 114 Å². The van der Waals surface area contributed by atoms with Crippen molar-refractivity contribution in [1.82, 2.24) is 4.90 Å². The Morgan fingerprint density at radius 3 is 2.89 bits per heavy atom. The SMILES string of the molecule is CN(CCc1cccs1)C(CN)C1CCOCC1. The summed E-state index contributed by atoms with van der Waals surface area (Å²) in [5, 5.41) is 2.15. The van der Waals surface area contributed by atoms with E-state index in [0.717, 1.165) is 45.6 Å². The lowest BCUT2D eigenvalue weighted by molar-refractivity contribution is 0.0340. The molecule has 1 atom stereocenters. The third-order valence-corrected chi connectivity index (χ3v) is 4.84. The summed E-state index contributed by atoms with van der Waals surface area (Å²) in [6, 6.07) is 4.84. The van der Waals surface area contributed by atoms with Gasteiger partial charge in [-0.25, -0.2) is 0 Å². The summed E-state index contributed by atoms with van der Waals surface area (Å²) in [6.45, 7) is 3.66. The number of rotatable bonds is 6. The van der Waals surface area contributed by atoms with Gasteiger partial charge in [0.15, 0.2) is 0 Å². The molecular formula is C14H24N2OS. The van der Waals surface area contributed by atoms with Crippen LogP contribution < -0.4 is 5.73 Å². The van der Waals surface area contributed by atoms with Crippen molar-refractivity contribution < 1.29 is 4.74 Å². The van der Waals surface area contributed by atoms with Crippen LogP contribution in [0.3, 0.4) is 0 Å². The van der Waals surface area contributed by atoms with E-state index < -0.39 is 0 Å². The van der Waals surface area contributed by atoms with Crippen LogP contribution in [0.5, 0.6) is 0 Å². The Kier molecular flexibility index (Phi) is 5.63. The van der Waals surface area contributed by atoms with E-state index in [2.05, 4.69) is 29.5 Å². The second kappa shape index (κ2) is 7.24. The molecule has 102 valence electrons. The highest BCUT2D eigenvalue weighted by Gasteiger charge is 2.25. The average molecular weight is 268 g/mol. The first-order valence-corrected chi connectivity index (χ1v) is 7.69. The third kappa shape index (κ3) is 3.79. The van der Waals surface area contributed by atoms with Crippen LogP contribution in [-0.2, 0) is 11.2 Å². The highest BCUT2D eigenvalue weighted by Crippen LogP contribution is 2.22. The van der Waals surface area contributed by atoms with Gasteiger partial charge in [-0.2, -0.15) is 0 Å². The number of hydrogen-bond donors (Lipinski definition) is 1. The van der Waals surface area contributed by atoms with Crippen molar-refractivity contribution in [1.29, 1.82) is 0 Å². The molecule has 1 aliphatic rings. The van der Waals surface area contributed by atoms with E-state index >= 15 is 0 Å². The fourth-order valence-corrected chi connectivity index (χ4v) is 3.44. The van der Waals surface area contributed by atoms with E-state index in [1.165, 1.54) is 4.88 Å². The van der Waals surface area contributed by atoms with Gasteiger partial charge in [0, 0.05) is 37.2 Å². The molecule has 2 heterocycles. The first-order valence-electron chi connectivity index (χ1n) is 6.81. The van der Waals surface area contributed by atoms with Gasteiger partial charge in [-0.15, -0.1) is 11.3 Å². The zero-order valence-corrected chi connectivity index (χ0v) is 12.0. The number of thiophene rings is 1. The van der Waals surface area contributed by atoms with Crippen LogP contribution >= 0.6 is 11.3 Å². The maximum absolute atomic E-state index is 5.97. The normalized spacial score (nSPS) is 19.3. The Morgan fingerprint density at radius 2 is 2.28 bits per heavy atom. The van der Waals surface area contributed by atoms with Crippen LogP contribution in [0.2, 0.25) is 0 Å². The zero-order chi connectivity index (χ0) is 12.8. The van der Waals surface area contributed by atoms with Gasteiger partial charge in [-0.05, 0) is 43.7 Å². The largest absolute Gasteiger partial charge is 0.381 e. The minimum Gasteiger partial charge on any atom is -0.381 e. The van der Waals surface area contributed by atoms with E-state index in [9.17, 15) is 0 Å². The van der Waals surface area contributed by atoms with E-state index in [1.54, 1.807) is 0 Å². The molecule has 0 spiro atoms. The van der Waals surface area contributed by atoms with Gasteiger partial charge in [0.25, 0.3) is 0 Å². The molecule has 1 aliphatic heterocycles. The van der Waals surface area contributed by atoms with E-state index in [1.807, 2.05) is 11.3 Å². The van der Waals surface area contributed by atoms with Gasteiger partial charge in [0.1, 0.15) is 0 Å². The summed E-state index contributed by atoms with van der Waals surface area (Å²) in [4.78, 5) is 3.90. The van der Waals surface area contributed by atoms with Crippen molar-refractivity contribution in [3.8, 4) is 0 Å². The second-order valence-electron chi connectivity index (χ2n) is 5.06. The summed E-state index contributed by atoms with van der Waals surface area (Å²) >= 11 is 1.84. The highest BCUT2D eigenvalue weighted by atomic mass is 32.1. The lowest BCUT2D eigenvalue weighted by atomic mass is 9.90. The van der Waals surface area contributed by atoms with E-state index in [0.29, 0.717) is 12.0 Å². The van der Waals surface area contributed by atoms with Crippen LogP contribution in [0.25, 0.3) is 0 Å². The number of nitrogens with two attached hydrogens (primary N) is 1. The first-order chi connectivity index (χ1) is 8.81. The summed E-state index contributed by atoms with van der Waals surface area (Å²) in [5.74, 6) is 0.706. The van der Waals surface area contributed by atoms with Gasteiger partial charge in [0.2, 0.25) is 0 Å². The number of hydrogen-bond acceptors (Lipinski definition) is 4. The Bertz CT molecular complexity index is 323. The van der Waals surface area contributed by atoms with Gasteiger partial charge >= 0.3 is 0 Å². The molecule has 3 nitrogen and oxygen atoms in total. The first kappa shape index (κ1) is 14.0. The molecule has 0 aliphatic carbocycles. The third-order valence-electron chi connectivity index (χ3n) is 3.91. The molecule has 0 amide bonds.